The van der Waals surface area contributed by atoms with E-state index in [0.717, 1.165) is 40.7 Å². The summed E-state index contributed by atoms with van der Waals surface area (Å²) in [6.45, 7) is 2.83. The van der Waals surface area contributed by atoms with Gasteiger partial charge in [-0.15, -0.1) is 11.3 Å². The van der Waals surface area contributed by atoms with Crippen molar-refractivity contribution in [2.24, 2.45) is 11.7 Å². The molecule has 22 heavy (non-hydrogen) atoms. The molecule has 2 heterocycles. The minimum Gasteiger partial charge on any atom is -0.359 e. The van der Waals surface area contributed by atoms with E-state index < -0.39 is 5.95 Å². The number of aryl methyl sites for hydroxylation is 1. The molecule has 3 rings (SSSR count). The maximum atomic E-state index is 12.9. The number of nitrogens with zero attached hydrogens (tertiary/aromatic N) is 2. The molecule has 4 nitrogen and oxygen atoms in total. The third-order valence-corrected chi connectivity index (χ3v) is 5.21. The molecule has 0 unspecified atom stereocenters. The number of nitrogens with one attached hydrogen (secondary N) is 1. The van der Waals surface area contributed by atoms with Gasteiger partial charge < -0.3 is 11.1 Å². The smallest absolute Gasteiger partial charge is 0.212 e. The Bertz CT molecular complexity index is 618. The lowest BCUT2D eigenvalue weighted by atomic mass is 9.86. The number of halogens is 1. The molecule has 0 radical (unpaired) electrons. The first kappa shape index (κ1) is 15.4. The minimum atomic E-state index is -0.466. The second-order valence-corrected chi connectivity index (χ2v) is 7.09. The van der Waals surface area contributed by atoms with Gasteiger partial charge in [0, 0.05) is 22.7 Å². The summed E-state index contributed by atoms with van der Waals surface area (Å²) in [5.74, 6) is 0.212. The molecule has 0 aromatic carbocycles. The van der Waals surface area contributed by atoms with E-state index in [0.29, 0.717) is 12.0 Å². The van der Waals surface area contributed by atoms with E-state index in [1.165, 1.54) is 25.1 Å². The van der Waals surface area contributed by atoms with Crippen molar-refractivity contribution in [3.63, 3.8) is 0 Å². The number of hydrogen-bond donors (Lipinski definition) is 2. The van der Waals surface area contributed by atoms with Crippen molar-refractivity contribution in [2.75, 3.05) is 11.9 Å². The Balaban J connectivity index is 1.69. The fraction of sp³-hybridized carbons (Fsp3) is 0.500. The molecule has 6 heteroatoms. The van der Waals surface area contributed by atoms with Gasteiger partial charge in [0.2, 0.25) is 5.95 Å². The van der Waals surface area contributed by atoms with Crippen molar-refractivity contribution in [1.29, 1.82) is 0 Å². The van der Waals surface area contributed by atoms with Gasteiger partial charge >= 0.3 is 0 Å². The van der Waals surface area contributed by atoms with Gasteiger partial charge in [0.25, 0.3) is 0 Å². The Morgan fingerprint density at radius 1 is 1.32 bits per heavy atom. The lowest BCUT2D eigenvalue weighted by molar-refractivity contribution is 0.345. The van der Waals surface area contributed by atoms with E-state index in [-0.39, 0.29) is 0 Å². The molecule has 2 aromatic rings. The van der Waals surface area contributed by atoms with E-state index in [4.69, 9.17) is 5.73 Å². The molecule has 1 aliphatic carbocycles. The van der Waals surface area contributed by atoms with Crippen LogP contribution < -0.4 is 11.1 Å². The Labute approximate surface area is 134 Å². The number of aromatic nitrogens is 2. The number of hydrogen-bond acceptors (Lipinski definition) is 5. The molecule has 118 valence electrons. The zero-order chi connectivity index (χ0) is 15.5. The maximum absolute atomic E-state index is 12.9. The fourth-order valence-corrected chi connectivity index (χ4v) is 3.87. The van der Waals surface area contributed by atoms with Crippen molar-refractivity contribution in [3.8, 4) is 11.3 Å². The molecule has 0 aliphatic heterocycles. The van der Waals surface area contributed by atoms with Crippen LogP contribution in [0.25, 0.3) is 11.3 Å². The van der Waals surface area contributed by atoms with Gasteiger partial charge in [0.15, 0.2) is 5.13 Å². The summed E-state index contributed by atoms with van der Waals surface area (Å²) in [6.07, 6.45) is 6.20. The number of nitrogens with two attached hydrogens (primary N) is 1. The molecular formula is C16H21FN4S. The van der Waals surface area contributed by atoms with Crippen LogP contribution in [-0.2, 0) is 0 Å². The minimum absolute atomic E-state index is 0.466. The second kappa shape index (κ2) is 6.71. The monoisotopic (exact) mass is 320 g/mol. The molecule has 0 atom stereocenters. The Hall–Kier alpha value is -1.53. The highest BCUT2D eigenvalue weighted by molar-refractivity contribution is 7.16. The topological polar surface area (TPSA) is 63.8 Å². The molecule has 1 aliphatic rings. The van der Waals surface area contributed by atoms with Gasteiger partial charge in [-0.1, -0.05) is 0 Å². The van der Waals surface area contributed by atoms with Gasteiger partial charge in [-0.25, -0.2) is 9.97 Å². The molecule has 0 spiro atoms. The van der Waals surface area contributed by atoms with Crippen LogP contribution in [0.5, 0.6) is 0 Å². The van der Waals surface area contributed by atoms with Crippen LogP contribution in [0.3, 0.4) is 0 Å². The maximum Gasteiger partial charge on any atom is 0.212 e. The number of anilines is 1. The first-order chi connectivity index (χ1) is 10.7. The van der Waals surface area contributed by atoms with E-state index in [2.05, 4.69) is 15.3 Å². The van der Waals surface area contributed by atoms with E-state index in [9.17, 15) is 4.39 Å². The third-order valence-electron chi connectivity index (χ3n) is 4.31. The normalized spacial score (nSPS) is 21.8. The quantitative estimate of drug-likeness (QED) is 0.845. The predicted molar refractivity (Wildman–Crippen MR) is 88.5 cm³/mol. The van der Waals surface area contributed by atoms with Crippen molar-refractivity contribution in [2.45, 2.75) is 38.6 Å². The fourth-order valence-electron chi connectivity index (χ4n) is 2.96. The van der Waals surface area contributed by atoms with E-state index in [1.807, 2.05) is 6.92 Å². The lowest BCUT2D eigenvalue weighted by Crippen LogP contribution is -2.29. The number of thiazole rings is 1. The summed E-state index contributed by atoms with van der Waals surface area (Å²) < 4.78 is 12.9. The summed E-state index contributed by atoms with van der Waals surface area (Å²) >= 11 is 1.65. The molecule has 1 fully saturated rings. The lowest BCUT2D eigenvalue weighted by Gasteiger charge is -2.28. The highest BCUT2D eigenvalue weighted by Gasteiger charge is 2.21. The van der Waals surface area contributed by atoms with Gasteiger partial charge in [0.1, 0.15) is 0 Å². The van der Waals surface area contributed by atoms with Gasteiger partial charge in [-0.05, 0) is 57.2 Å². The van der Waals surface area contributed by atoms with Crippen molar-refractivity contribution in [1.82, 2.24) is 9.97 Å². The van der Waals surface area contributed by atoms with Crippen LogP contribution in [0.4, 0.5) is 9.52 Å². The van der Waals surface area contributed by atoms with Crippen molar-refractivity contribution >= 4 is 16.5 Å². The first-order valence-corrected chi connectivity index (χ1v) is 8.53. The van der Waals surface area contributed by atoms with Gasteiger partial charge in [0.05, 0.1) is 5.69 Å². The second-order valence-electron chi connectivity index (χ2n) is 5.89. The summed E-state index contributed by atoms with van der Waals surface area (Å²) in [7, 11) is 0. The SMILES string of the molecule is Cc1sc(NC2CCC(CN)CC2)nc1-c1ccc(F)nc1. The highest BCUT2D eigenvalue weighted by atomic mass is 32.1. The Kier molecular flexibility index (Phi) is 4.69. The molecule has 2 aromatic heterocycles. The summed E-state index contributed by atoms with van der Waals surface area (Å²) in [5, 5.41) is 4.48. The predicted octanol–water partition coefficient (Wildman–Crippen LogP) is 3.58. The molecule has 0 saturated heterocycles. The van der Waals surface area contributed by atoms with Crippen LogP contribution in [0.15, 0.2) is 18.3 Å². The number of pyridine rings is 1. The molecular weight excluding hydrogens is 299 g/mol. The first-order valence-electron chi connectivity index (χ1n) is 7.71. The largest absolute Gasteiger partial charge is 0.359 e. The van der Waals surface area contributed by atoms with E-state index in [1.54, 1.807) is 17.4 Å². The summed E-state index contributed by atoms with van der Waals surface area (Å²) in [6, 6.07) is 3.57. The average Bonchev–Trinajstić information content (AvgIpc) is 2.89. The number of rotatable bonds is 4. The zero-order valence-corrected chi connectivity index (χ0v) is 13.5. The van der Waals surface area contributed by atoms with Crippen molar-refractivity contribution < 1.29 is 4.39 Å². The zero-order valence-electron chi connectivity index (χ0n) is 12.7. The average molecular weight is 320 g/mol. The summed E-state index contributed by atoms with van der Waals surface area (Å²) in [5.41, 5.74) is 7.48. The van der Waals surface area contributed by atoms with Crippen LogP contribution in [0.2, 0.25) is 0 Å². The standard InChI is InChI=1S/C16H21FN4S/c1-10-15(12-4-7-14(17)19-9-12)21-16(22-10)20-13-5-2-11(8-18)3-6-13/h4,7,9,11,13H,2-3,5-6,8,18H2,1H3,(H,20,21). The van der Waals surface area contributed by atoms with Gasteiger partial charge in [-0.2, -0.15) is 4.39 Å². The van der Waals surface area contributed by atoms with Crippen LogP contribution in [-0.4, -0.2) is 22.6 Å². The Morgan fingerprint density at radius 3 is 2.73 bits per heavy atom. The van der Waals surface area contributed by atoms with Crippen molar-refractivity contribution in [3.05, 3.63) is 29.2 Å². The van der Waals surface area contributed by atoms with Crippen LogP contribution in [0.1, 0.15) is 30.6 Å². The molecule has 3 N–H and O–H groups in total. The summed E-state index contributed by atoms with van der Waals surface area (Å²) in [4.78, 5) is 9.49. The molecule has 0 bridgehead atoms. The Morgan fingerprint density at radius 2 is 2.09 bits per heavy atom. The third kappa shape index (κ3) is 3.44. The van der Waals surface area contributed by atoms with Crippen LogP contribution in [0, 0.1) is 18.8 Å². The molecule has 0 amide bonds. The molecule has 1 saturated carbocycles. The van der Waals surface area contributed by atoms with E-state index >= 15 is 0 Å². The van der Waals surface area contributed by atoms with Gasteiger partial charge in [-0.3, -0.25) is 0 Å². The highest BCUT2D eigenvalue weighted by Crippen LogP contribution is 2.32. The van der Waals surface area contributed by atoms with Crippen LogP contribution >= 0.6 is 11.3 Å².